The fourth-order valence-electron chi connectivity index (χ4n) is 3.98. The number of pyridine rings is 1. The number of rotatable bonds is 6. The van der Waals surface area contributed by atoms with E-state index in [9.17, 15) is 35.9 Å². The van der Waals surface area contributed by atoms with Crippen molar-refractivity contribution in [2.24, 2.45) is 5.92 Å². The molecular weight excluding hydrogens is 484 g/mol. The van der Waals surface area contributed by atoms with Crippen LogP contribution in [0.15, 0.2) is 36.5 Å². The van der Waals surface area contributed by atoms with Gasteiger partial charge in [0.2, 0.25) is 0 Å². The summed E-state index contributed by atoms with van der Waals surface area (Å²) in [5, 5.41) is 4.71. The number of benzene rings is 1. The summed E-state index contributed by atoms with van der Waals surface area (Å²) in [6, 6.07) is 4.93. The summed E-state index contributed by atoms with van der Waals surface area (Å²) in [7, 11) is 1.35. The fraction of sp³-hybridized carbons (Fsp3) is 0.409. The summed E-state index contributed by atoms with van der Waals surface area (Å²) < 4.78 is 91.2. The molecule has 2 heterocycles. The number of nitrogens with one attached hydrogen (secondary N) is 2. The molecule has 13 heteroatoms. The molecule has 0 bridgehead atoms. The van der Waals surface area contributed by atoms with E-state index in [-0.39, 0.29) is 16.9 Å². The second-order valence-electron chi connectivity index (χ2n) is 8.02. The van der Waals surface area contributed by atoms with Crippen LogP contribution in [-0.4, -0.2) is 48.3 Å². The molecule has 0 spiro atoms. The highest BCUT2D eigenvalue weighted by Gasteiger charge is 2.65. The maximum absolute atomic E-state index is 14.0. The van der Waals surface area contributed by atoms with Crippen LogP contribution in [0.4, 0.5) is 32.0 Å². The SMILES string of the molecule is CNC(=O)c1cc(NC(=O)[C@@H]2O[C@](C)(C(F)(F)F)[C@@H](C)[C@H]2c2ccc(F)cc2OC(F)F)ccn1. The minimum Gasteiger partial charge on any atom is -0.434 e. The van der Waals surface area contributed by atoms with E-state index in [0.29, 0.717) is 6.07 Å². The second kappa shape index (κ2) is 9.72. The van der Waals surface area contributed by atoms with E-state index in [2.05, 4.69) is 20.4 Å². The third kappa shape index (κ3) is 5.19. The smallest absolute Gasteiger partial charge is 0.417 e. The third-order valence-electron chi connectivity index (χ3n) is 5.96. The summed E-state index contributed by atoms with van der Waals surface area (Å²) in [6.07, 6.45) is -5.57. The molecule has 1 aromatic carbocycles. The predicted molar refractivity (Wildman–Crippen MR) is 111 cm³/mol. The average molecular weight is 505 g/mol. The molecule has 190 valence electrons. The van der Waals surface area contributed by atoms with Crippen LogP contribution in [0.1, 0.15) is 35.8 Å². The average Bonchev–Trinajstić information content (AvgIpc) is 3.05. The largest absolute Gasteiger partial charge is 0.434 e. The minimum absolute atomic E-state index is 0.0300. The molecule has 0 unspecified atom stereocenters. The van der Waals surface area contributed by atoms with Gasteiger partial charge in [0, 0.05) is 42.4 Å². The number of carbonyl (C=O) groups is 2. The van der Waals surface area contributed by atoms with E-state index >= 15 is 0 Å². The molecule has 0 saturated carbocycles. The lowest BCUT2D eigenvalue weighted by molar-refractivity contribution is -0.272. The van der Waals surface area contributed by atoms with E-state index in [1.165, 1.54) is 25.4 Å². The van der Waals surface area contributed by atoms with Gasteiger partial charge in [-0.05, 0) is 25.1 Å². The Morgan fingerprint density at radius 1 is 1.20 bits per heavy atom. The van der Waals surface area contributed by atoms with Gasteiger partial charge in [-0.15, -0.1) is 0 Å². The first-order chi connectivity index (χ1) is 16.3. The molecule has 7 nitrogen and oxygen atoms in total. The highest BCUT2D eigenvalue weighted by atomic mass is 19.4. The van der Waals surface area contributed by atoms with E-state index in [1.54, 1.807) is 0 Å². The zero-order chi connectivity index (χ0) is 26.1. The van der Waals surface area contributed by atoms with Crippen LogP contribution >= 0.6 is 0 Å². The lowest BCUT2D eigenvalue weighted by Gasteiger charge is -2.32. The Hall–Kier alpha value is -3.35. The third-order valence-corrected chi connectivity index (χ3v) is 5.96. The fourth-order valence-corrected chi connectivity index (χ4v) is 3.98. The Bertz CT molecular complexity index is 1110. The van der Waals surface area contributed by atoms with Crippen molar-refractivity contribution in [3.63, 3.8) is 0 Å². The van der Waals surface area contributed by atoms with Gasteiger partial charge < -0.3 is 20.1 Å². The molecule has 0 aliphatic carbocycles. The number of nitrogens with zero attached hydrogens (tertiary/aromatic N) is 1. The van der Waals surface area contributed by atoms with Gasteiger partial charge in [0.1, 0.15) is 23.4 Å². The lowest BCUT2D eigenvalue weighted by atomic mass is 9.77. The first-order valence-electron chi connectivity index (χ1n) is 10.3. The molecule has 1 aliphatic heterocycles. The number of anilines is 1. The van der Waals surface area contributed by atoms with Crippen LogP contribution in [0.5, 0.6) is 5.75 Å². The molecule has 2 amide bonds. The number of alkyl halides is 5. The van der Waals surface area contributed by atoms with Crippen LogP contribution in [-0.2, 0) is 9.53 Å². The van der Waals surface area contributed by atoms with Crippen molar-refractivity contribution in [2.75, 3.05) is 12.4 Å². The standard InChI is InChI=1S/C22H21F6N3O4/c1-10-16(13-5-4-11(23)8-15(13)34-20(24)25)17(35-21(10,2)22(26,27)28)19(33)31-12-6-7-30-14(9-12)18(32)29-3/h4-10,16-17,20H,1-3H3,(H,29,32)(H,30,31,33)/t10-,16-,17+,21-/m0/s1. The van der Waals surface area contributed by atoms with Gasteiger partial charge in [-0.25, -0.2) is 4.39 Å². The molecule has 1 aromatic heterocycles. The summed E-state index contributed by atoms with van der Waals surface area (Å²) in [5.41, 5.74) is -3.15. The van der Waals surface area contributed by atoms with Gasteiger partial charge in [-0.3, -0.25) is 14.6 Å². The Kier molecular flexibility index (Phi) is 7.29. The number of hydrogen-bond donors (Lipinski definition) is 2. The molecule has 4 atom stereocenters. The van der Waals surface area contributed by atoms with Crippen molar-refractivity contribution in [1.82, 2.24) is 10.3 Å². The van der Waals surface area contributed by atoms with Crippen molar-refractivity contribution in [1.29, 1.82) is 0 Å². The van der Waals surface area contributed by atoms with Crippen molar-refractivity contribution in [2.45, 2.75) is 44.3 Å². The maximum Gasteiger partial charge on any atom is 0.417 e. The highest BCUT2D eigenvalue weighted by molar-refractivity contribution is 5.97. The highest BCUT2D eigenvalue weighted by Crippen LogP contribution is 2.54. The molecule has 2 N–H and O–H groups in total. The summed E-state index contributed by atoms with van der Waals surface area (Å²) in [5.74, 6) is -6.21. The van der Waals surface area contributed by atoms with Crippen LogP contribution in [0.3, 0.4) is 0 Å². The molecule has 3 rings (SSSR count). The van der Waals surface area contributed by atoms with Crippen LogP contribution in [0.25, 0.3) is 0 Å². The second-order valence-corrected chi connectivity index (χ2v) is 8.02. The lowest BCUT2D eigenvalue weighted by Crippen LogP contribution is -2.47. The zero-order valence-corrected chi connectivity index (χ0v) is 18.6. The minimum atomic E-state index is -4.94. The monoisotopic (exact) mass is 505 g/mol. The number of ether oxygens (including phenoxy) is 2. The molecule has 0 radical (unpaired) electrons. The summed E-state index contributed by atoms with van der Waals surface area (Å²) in [6.45, 7) is -1.50. The van der Waals surface area contributed by atoms with Crippen LogP contribution < -0.4 is 15.4 Å². The maximum atomic E-state index is 14.0. The number of amides is 2. The number of hydrogen-bond acceptors (Lipinski definition) is 5. The Balaban J connectivity index is 2.04. The zero-order valence-electron chi connectivity index (χ0n) is 18.6. The van der Waals surface area contributed by atoms with E-state index in [4.69, 9.17) is 4.74 Å². The van der Waals surface area contributed by atoms with Gasteiger partial charge in [0.05, 0.1) is 0 Å². The Labute approximate surface area is 195 Å². The Morgan fingerprint density at radius 3 is 2.49 bits per heavy atom. The van der Waals surface area contributed by atoms with Gasteiger partial charge in [0.25, 0.3) is 11.8 Å². The van der Waals surface area contributed by atoms with Crippen molar-refractivity contribution in [3.05, 3.63) is 53.6 Å². The van der Waals surface area contributed by atoms with E-state index in [0.717, 1.165) is 26.0 Å². The molecule has 2 aromatic rings. The molecular formula is C22H21F6N3O4. The summed E-state index contributed by atoms with van der Waals surface area (Å²) >= 11 is 0. The van der Waals surface area contributed by atoms with Crippen molar-refractivity contribution >= 4 is 17.5 Å². The predicted octanol–water partition coefficient (Wildman–Crippen LogP) is 4.26. The topological polar surface area (TPSA) is 89.6 Å². The summed E-state index contributed by atoms with van der Waals surface area (Å²) in [4.78, 5) is 28.7. The van der Waals surface area contributed by atoms with Gasteiger partial charge >= 0.3 is 12.8 Å². The molecule has 1 fully saturated rings. The van der Waals surface area contributed by atoms with Crippen molar-refractivity contribution in [3.8, 4) is 5.75 Å². The molecule has 35 heavy (non-hydrogen) atoms. The van der Waals surface area contributed by atoms with Crippen molar-refractivity contribution < 1.29 is 45.4 Å². The quantitative estimate of drug-likeness (QED) is 0.573. The number of aromatic nitrogens is 1. The normalized spacial score (nSPS) is 24.3. The van der Waals surface area contributed by atoms with Gasteiger partial charge in [-0.2, -0.15) is 22.0 Å². The van der Waals surface area contributed by atoms with Crippen LogP contribution in [0, 0.1) is 11.7 Å². The first kappa shape index (κ1) is 26.3. The van der Waals surface area contributed by atoms with Gasteiger partial charge in [0.15, 0.2) is 5.60 Å². The molecule has 1 saturated heterocycles. The molecule has 1 aliphatic rings. The Morgan fingerprint density at radius 2 is 1.89 bits per heavy atom. The number of carbonyl (C=O) groups excluding carboxylic acids is 2. The number of halogens is 6. The van der Waals surface area contributed by atoms with E-state index < -0.39 is 59.7 Å². The van der Waals surface area contributed by atoms with Gasteiger partial charge in [-0.1, -0.05) is 13.0 Å². The van der Waals surface area contributed by atoms with Crippen LogP contribution in [0.2, 0.25) is 0 Å². The first-order valence-corrected chi connectivity index (χ1v) is 10.3. The van der Waals surface area contributed by atoms with E-state index in [1.807, 2.05) is 0 Å².